The van der Waals surface area contributed by atoms with Crippen molar-refractivity contribution in [2.75, 3.05) is 52.4 Å². The molecule has 2 heterocycles. The zero-order valence-corrected chi connectivity index (χ0v) is 16.1. The molecule has 2 saturated heterocycles. The largest absolute Gasteiger partial charge is 0.342 e. The molecule has 148 valence electrons. The van der Waals surface area contributed by atoms with Crippen LogP contribution in [0, 0.1) is 0 Å². The Labute approximate surface area is 156 Å². The van der Waals surface area contributed by atoms with Gasteiger partial charge in [-0.3, -0.25) is 24.7 Å². The van der Waals surface area contributed by atoms with Crippen molar-refractivity contribution in [3.05, 3.63) is 0 Å². The van der Waals surface area contributed by atoms with E-state index < -0.39 is 6.03 Å². The quantitative estimate of drug-likeness (QED) is 0.727. The third-order valence-electron chi connectivity index (χ3n) is 5.23. The highest BCUT2D eigenvalue weighted by molar-refractivity contribution is 5.96. The van der Waals surface area contributed by atoms with Crippen molar-refractivity contribution < 1.29 is 14.4 Å². The van der Waals surface area contributed by atoms with Gasteiger partial charge in [0.05, 0.1) is 12.6 Å². The molecule has 0 aromatic rings. The van der Waals surface area contributed by atoms with E-state index in [1.807, 2.05) is 11.8 Å². The molecule has 4 amide bonds. The number of nitrogens with zero attached hydrogens (tertiary/aromatic N) is 3. The molecule has 0 spiro atoms. The molecule has 0 saturated carbocycles. The Hall–Kier alpha value is -1.67. The van der Waals surface area contributed by atoms with Crippen LogP contribution in [0.15, 0.2) is 0 Å². The summed E-state index contributed by atoms with van der Waals surface area (Å²) in [5.74, 6) is -0.0626. The van der Waals surface area contributed by atoms with Gasteiger partial charge >= 0.3 is 6.03 Å². The number of carbonyl (C=O) groups excluding carboxylic acids is 3. The van der Waals surface area contributed by atoms with Crippen LogP contribution in [0.1, 0.15) is 39.5 Å². The number of rotatable bonds is 5. The predicted octanol–water partition coefficient (Wildman–Crippen LogP) is 0.241. The summed E-state index contributed by atoms with van der Waals surface area (Å²) in [7, 11) is 0. The lowest BCUT2D eigenvalue weighted by Crippen LogP contribution is -2.56. The molecule has 8 heteroatoms. The molecular formula is C18H33N5O3. The fourth-order valence-electron chi connectivity index (χ4n) is 3.51. The van der Waals surface area contributed by atoms with E-state index in [9.17, 15) is 14.4 Å². The number of urea groups is 1. The second-order valence-electron chi connectivity index (χ2n) is 7.13. The maximum Gasteiger partial charge on any atom is 0.321 e. The standard InChI is InChI=1S/C18H33N5O3/c1-3-19-18(26)20-17(25)15(2)22-12-10-21(11-13-22)14-16(24)23-8-6-4-5-7-9-23/h15H,3-14H2,1-2H3,(H2,19,20,25,26). The van der Waals surface area contributed by atoms with Crippen LogP contribution >= 0.6 is 0 Å². The summed E-state index contributed by atoms with van der Waals surface area (Å²) in [5, 5.41) is 4.92. The lowest BCUT2D eigenvalue weighted by Gasteiger charge is -2.37. The van der Waals surface area contributed by atoms with E-state index >= 15 is 0 Å². The summed E-state index contributed by atoms with van der Waals surface area (Å²) < 4.78 is 0. The molecule has 0 aliphatic carbocycles. The van der Waals surface area contributed by atoms with Gasteiger partial charge < -0.3 is 10.2 Å². The topological polar surface area (TPSA) is 85.0 Å². The van der Waals surface area contributed by atoms with Gasteiger partial charge in [-0.2, -0.15) is 0 Å². The summed E-state index contributed by atoms with van der Waals surface area (Å²) in [6.07, 6.45) is 4.66. The molecule has 0 radical (unpaired) electrons. The van der Waals surface area contributed by atoms with Gasteiger partial charge in [0, 0.05) is 45.8 Å². The SMILES string of the molecule is CCNC(=O)NC(=O)C(C)N1CCN(CC(=O)N2CCCCCC2)CC1. The number of hydrogen-bond acceptors (Lipinski definition) is 5. The molecule has 8 nitrogen and oxygen atoms in total. The minimum Gasteiger partial charge on any atom is -0.342 e. The second kappa shape index (κ2) is 10.5. The van der Waals surface area contributed by atoms with Gasteiger partial charge in [0.1, 0.15) is 0 Å². The zero-order valence-electron chi connectivity index (χ0n) is 16.1. The summed E-state index contributed by atoms with van der Waals surface area (Å²) in [6.45, 7) is 9.30. The lowest BCUT2D eigenvalue weighted by molar-refractivity contribution is -0.133. The van der Waals surface area contributed by atoms with Gasteiger partial charge in [-0.15, -0.1) is 0 Å². The zero-order chi connectivity index (χ0) is 18.9. The molecule has 2 N–H and O–H groups in total. The molecule has 2 fully saturated rings. The van der Waals surface area contributed by atoms with Crippen LogP contribution in [-0.2, 0) is 9.59 Å². The van der Waals surface area contributed by atoms with Crippen LogP contribution in [0.25, 0.3) is 0 Å². The van der Waals surface area contributed by atoms with E-state index in [4.69, 9.17) is 0 Å². The average molecular weight is 367 g/mol. The van der Waals surface area contributed by atoms with Crippen molar-refractivity contribution in [1.29, 1.82) is 0 Å². The fourth-order valence-corrected chi connectivity index (χ4v) is 3.51. The molecule has 2 rings (SSSR count). The van der Waals surface area contributed by atoms with Crippen LogP contribution in [0.2, 0.25) is 0 Å². The fraction of sp³-hybridized carbons (Fsp3) is 0.833. The third kappa shape index (κ3) is 6.25. The summed E-state index contributed by atoms with van der Waals surface area (Å²) >= 11 is 0. The molecule has 0 bridgehead atoms. The lowest BCUT2D eigenvalue weighted by atomic mass is 10.2. The first-order chi connectivity index (χ1) is 12.5. The number of likely N-dealkylation sites (tertiary alicyclic amines) is 1. The summed E-state index contributed by atoms with van der Waals surface area (Å²) in [4.78, 5) is 42.3. The molecule has 2 aliphatic rings. The highest BCUT2D eigenvalue weighted by atomic mass is 16.2. The van der Waals surface area contributed by atoms with Gasteiger partial charge in [0.25, 0.3) is 0 Å². The molecule has 1 atom stereocenters. The van der Waals surface area contributed by atoms with Gasteiger partial charge in [0.2, 0.25) is 11.8 Å². The van der Waals surface area contributed by atoms with Crippen molar-refractivity contribution in [3.8, 4) is 0 Å². The van der Waals surface area contributed by atoms with Gasteiger partial charge in [-0.1, -0.05) is 12.8 Å². The molecule has 0 aromatic carbocycles. The number of nitrogens with one attached hydrogen (secondary N) is 2. The highest BCUT2D eigenvalue weighted by Crippen LogP contribution is 2.11. The first-order valence-corrected chi connectivity index (χ1v) is 9.84. The van der Waals surface area contributed by atoms with Crippen molar-refractivity contribution >= 4 is 17.8 Å². The Kier molecular flexibility index (Phi) is 8.31. The number of piperazine rings is 1. The van der Waals surface area contributed by atoms with Gasteiger partial charge in [0.15, 0.2) is 0 Å². The number of amides is 4. The molecule has 2 aliphatic heterocycles. The molecule has 26 heavy (non-hydrogen) atoms. The molecule has 1 unspecified atom stereocenters. The Morgan fingerprint density at radius 1 is 0.923 bits per heavy atom. The van der Waals surface area contributed by atoms with Crippen molar-refractivity contribution in [2.24, 2.45) is 0 Å². The summed E-state index contributed by atoms with van der Waals surface area (Å²) in [6, 6.07) is -0.813. The first kappa shape index (κ1) is 20.6. The number of imide groups is 1. The van der Waals surface area contributed by atoms with Gasteiger partial charge in [-0.25, -0.2) is 4.79 Å². The maximum absolute atomic E-state index is 12.5. The van der Waals surface area contributed by atoms with E-state index in [0.717, 1.165) is 52.1 Å². The van der Waals surface area contributed by atoms with Crippen molar-refractivity contribution in [3.63, 3.8) is 0 Å². The molecular weight excluding hydrogens is 334 g/mol. The maximum atomic E-state index is 12.5. The van der Waals surface area contributed by atoms with Crippen LogP contribution in [0.5, 0.6) is 0 Å². The highest BCUT2D eigenvalue weighted by Gasteiger charge is 2.28. The van der Waals surface area contributed by atoms with E-state index in [-0.39, 0.29) is 17.9 Å². The van der Waals surface area contributed by atoms with E-state index in [0.29, 0.717) is 13.1 Å². The Morgan fingerprint density at radius 2 is 1.54 bits per heavy atom. The minimum absolute atomic E-state index is 0.224. The average Bonchev–Trinajstić information content (AvgIpc) is 2.91. The first-order valence-electron chi connectivity index (χ1n) is 9.84. The van der Waals surface area contributed by atoms with Crippen LogP contribution < -0.4 is 10.6 Å². The van der Waals surface area contributed by atoms with Crippen LogP contribution in [0.4, 0.5) is 4.79 Å². The summed E-state index contributed by atoms with van der Waals surface area (Å²) in [5.41, 5.74) is 0. The van der Waals surface area contributed by atoms with Crippen molar-refractivity contribution in [2.45, 2.75) is 45.6 Å². The van der Waals surface area contributed by atoms with E-state index in [1.54, 1.807) is 6.92 Å². The van der Waals surface area contributed by atoms with E-state index in [1.165, 1.54) is 12.8 Å². The molecule has 0 aromatic heterocycles. The predicted molar refractivity (Wildman–Crippen MR) is 99.7 cm³/mol. The third-order valence-corrected chi connectivity index (χ3v) is 5.23. The van der Waals surface area contributed by atoms with Crippen LogP contribution in [0.3, 0.4) is 0 Å². The van der Waals surface area contributed by atoms with Gasteiger partial charge in [-0.05, 0) is 26.7 Å². The monoisotopic (exact) mass is 367 g/mol. The minimum atomic E-state index is -0.453. The smallest absolute Gasteiger partial charge is 0.321 e. The Morgan fingerprint density at radius 3 is 2.12 bits per heavy atom. The van der Waals surface area contributed by atoms with E-state index in [2.05, 4.69) is 20.4 Å². The number of hydrogen-bond donors (Lipinski definition) is 2. The normalized spacial score (nSPS) is 20.9. The Balaban J connectivity index is 1.73. The Bertz CT molecular complexity index is 483. The van der Waals surface area contributed by atoms with Crippen molar-refractivity contribution in [1.82, 2.24) is 25.3 Å². The number of carbonyl (C=O) groups is 3. The van der Waals surface area contributed by atoms with Crippen LogP contribution in [-0.4, -0.2) is 90.9 Å². The second-order valence-corrected chi connectivity index (χ2v) is 7.13.